The van der Waals surface area contributed by atoms with E-state index in [4.69, 9.17) is 10.5 Å². The van der Waals surface area contributed by atoms with Gasteiger partial charge in [0.2, 0.25) is 0 Å². The number of aliphatic imine (C=N–C) groups is 1. The van der Waals surface area contributed by atoms with E-state index >= 15 is 0 Å². The number of anilines is 1. The van der Waals surface area contributed by atoms with Gasteiger partial charge in [-0.25, -0.2) is 14.2 Å². The fraction of sp³-hybridized carbons (Fsp3) is 0.579. The predicted octanol–water partition coefficient (Wildman–Crippen LogP) is 2.88. The van der Waals surface area contributed by atoms with Gasteiger partial charge in [0, 0.05) is 40.3 Å². The molecule has 1 saturated heterocycles. The molecular formula is C19H31FIN5O2. The molecule has 1 fully saturated rings. The quantitative estimate of drug-likeness (QED) is 0.387. The molecule has 9 heteroatoms. The van der Waals surface area contributed by atoms with Crippen LogP contribution in [0.15, 0.2) is 23.2 Å². The molecule has 1 heterocycles. The summed E-state index contributed by atoms with van der Waals surface area (Å²) in [6.07, 6.45) is -0.311. The van der Waals surface area contributed by atoms with E-state index in [1.807, 2.05) is 31.7 Å². The van der Waals surface area contributed by atoms with E-state index in [2.05, 4.69) is 4.99 Å². The zero-order chi connectivity index (χ0) is 20.2. The Balaban J connectivity index is 0.00000392. The summed E-state index contributed by atoms with van der Waals surface area (Å²) < 4.78 is 19.4. The fourth-order valence-electron chi connectivity index (χ4n) is 2.73. The Morgan fingerprint density at radius 1 is 1.21 bits per heavy atom. The summed E-state index contributed by atoms with van der Waals surface area (Å²) in [5.41, 5.74) is 6.86. The van der Waals surface area contributed by atoms with Crippen LogP contribution in [0.2, 0.25) is 0 Å². The van der Waals surface area contributed by atoms with Gasteiger partial charge in [0.15, 0.2) is 5.96 Å². The average Bonchev–Trinajstić information content (AvgIpc) is 2.58. The van der Waals surface area contributed by atoms with Crippen LogP contribution in [-0.4, -0.2) is 67.7 Å². The van der Waals surface area contributed by atoms with Crippen molar-refractivity contribution in [3.63, 3.8) is 0 Å². The molecule has 1 aliphatic rings. The smallest absolute Gasteiger partial charge is 0.410 e. The first-order valence-electron chi connectivity index (χ1n) is 9.05. The molecule has 1 aromatic rings. The van der Waals surface area contributed by atoms with Gasteiger partial charge in [-0.1, -0.05) is 6.07 Å². The van der Waals surface area contributed by atoms with Crippen molar-refractivity contribution in [3.05, 3.63) is 29.6 Å². The lowest BCUT2D eigenvalue weighted by Gasteiger charge is -2.36. The van der Waals surface area contributed by atoms with E-state index < -0.39 is 5.60 Å². The monoisotopic (exact) mass is 507 g/mol. The third-order valence-electron chi connectivity index (χ3n) is 4.17. The van der Waals surface area contributed by atoms with Crippen molar-refractivity contribution >= 4 is 41.7 Å². The molecule has 28 heavy (non-hydrogen) atoms. The Morgan fingerprint density at radius 2 is 1.79 bits per heavy atom. The molecule has 158 valence electrons. The second kappa shape index (κ2) is 10.1. The molecule has 1 aliphatic heterocycles. The van der Waals surface area contributed by atoms with E-state index in [1.54, 1.807) is 30.0 Å². The molecule has 0 unspecified atom stereocenters. The number of guanidine groups is 1. The van der Waals surface area contributed by atoms with Crippen LogP contribution in [0.1, 0.15) is 26.3 Å². The SMILES string of the molecule is CN(C)c1ccc(CN=C(N)N2CCN(C(=O)OC(C)(C)C)CC2)cc1F.I. The minimum atomic E-state index is -0.508. The first-order chi connectivity index (χ1) is 12.6. The second-order valence-corrected chi connectivity index (χ2v) is 7.81. The highest BCUT2D eigenvalue weighted by Gasteiger charge is 2.26. The molecule has 1 aromatic carbocycles. The van der Waals surface area contributed by atoms with E-state index in [1.165, 1.54) is 6.07 Å². The third kappa shape index (κ3) is 6.99. The van der Waals surface area contributed by atoms with Crippen molar-refractivity contribution in [1.82, 2.24) is 9.80 Å². The number of amides is 1. The van der Waals surface area contributed by atoms with Crippen LogP contribution < -0.4 is 10.6 Å². The van der Waals surface area contributed by atoms with Gasteiger partial charge in [-0.15, -0.1) is 24.0 Å². The minimum Gasteiger partial charge on any atom is -0.444 e. The van der Waals surface area contributed by atoms with Crippen LogP contribution >= 0.6 is 24.0 Å². The van der Waals surface area contributed by atoms with Gasteiger partial charge < -0.3 is 25.2 Å². The Morgan fingerprint density at radius 3 is 2.29 bits per heavy atom. The highest BCUT2D eigenvalue weighted by atomic mass is 127. The Bertz CT molecular complexity index is 698. The summed E-state index contributed by atoms with van der Waals surface area (Å²) in [6, 6.07) is 5.05. The minimum absolute atomic E-state index is 0. The molecule has 0 aliphatic carbocycles. The van der Waals surface area contributed by atoms with Gasteiger partial charge in [0.05, 0.1) is 12.2 Å². The highest BCUT2D eigenvalue weighted by molar-refractivity contribution is 14.0. The summed E-state index contributed by atoms with van der Waals surface area (Å²) in [5.74, 6) is 0.119. The van der Waals surface area contributed by atoms with Crippen LogP contribution in [0.25, 0.3) is 0 Å². The van der Waals surface area contributed by atoms with Crippen molar-refractivity contribution in [2.24, 2.45) is 10.7 Å². The second-order valence-electron chi connectivity index (χ2n) is 7.81. The number of carbonyl (C=O) groups excluding carboxylic acids is 1. The standard InChI is InChI=1S/C19H30FN5O2.HI/c1-19(2,3)27-18(26)25-10-8-24(9-11-25)17(21)22-13-14-6-7-16(23(4)5)15(20)12-14;/h6-7,12H,8-11,13H2,1-5H3,(H2,21,22);1H. The van der Waals surface area contributed by atoms with Gasteiger partial charge in [-0.2, -0.15) is 0 Å². The van der Waals surface area contributed by atoms with Crippen LogP contribution in [0.3, 0.4) is 0 Å². The zero-order valence-electron chi connectivity index (χ0n) is 17.2. The lowest BCUT2D eigenvalue weighted by Crippen LogP contribution is -2.53. The molecule has 1 amide bonds. The van der Waals surface area contributed by atoms with Crippen LogP contribution in [0.4, 0.5) is 14.9 Å². The number of rotatable bonds is 3. The van der Waals surface area contributed by atoms with Gasteiger partial charge in [0.1, 0.15) is 11.4 Å². The van der Waals surface area contributed by atoms with Gasteiger partial charge in [-0.3, -0.25) is 0 Å². The number of nitrogens with two attached hydrogens (primary N) is 1. The van der Waals surface area contributed by atoms with Crippen molar-refractivity contribution in [1.29, 1.82) is 0 Å². The van der Waals surface area contributed by atoms with Crippen molar-refractivity contribution in [2.45, 2.75) is 32.9 Å². The van der Waals surface area contributed by atoms with Gasteiger partial charge in [0.25, 0.3) is 0 Å². The summed E-state index contributed by atoms with van der Waals surface area (Å²) in [6.45, 7) is 8.07. The first kappa shape index (κ1) is 24.3. The fourth-order valence-corrected chi connectivity index (χ4v) is 2.73. The third-order valence-corrected chi connectivity index (χ3v) is 4.17. The topological polar surface area (TPSA) is 74.4 Å². The number of carbonyl (C=O) groups is 1. The molecule has 2 N–H and O–H groups in total. The molecule has 0 bridgehead atoms. The Hall–Kier alpha value is -1.78. The molecule has 0 spiro atoms. The lowest BCUT2D eigenvalue weighted by molar-refractivity contribution is 0.0186. The average molecular weight is 507 g/mol. The number of piperazine rings is 1. The van der Waals surface area contributed by atoms with Crippen molar-refractivity contribution < 1.29 is 13.9 Å². The van der Waals surface area contributed by atoms with Crippen LogP contribution in [0, 0.1) is 5.82 Å². The normalized spacial score (nSPS) is 15.1. The molecule has 0 radical (unpaired) electrons. The van der Waals surface area contributed by atoms with E-state index in [0.717, 1.165) is 5.56 Å². The highest BCUT2D eigenvalue weighted by Crippen LogP contribution is 2.19. The molecule has 0 aromatic heterocycles. The van der Waals surface area contributed by atoms with E-state index in [0.29, 0.717) is 44.4 Å². The maximum Gasteiger partial charge on any atom is 0.410 e. The Kier molecular flexibility index (Phi) is 8.77. The van der Waals surface area contributed by atoms with Gasteiger partial charge in [-0.05, 0) is 38.5 Å². The molecule has 0 saturated carbocycles. The summed E-state index contributed by atoms with van der Waals surface area (Å²) >= 11 is 0. The molecule has 2 rings (SSSR count). The summed E-state index contributed by atoms with van der Waals surface area (Å²) in [5, 5.41) is 0. The van der Waals surface area contributed by atoms with Crippen molar-refractivity contribution in [3.8, 4) is 0 Å². The lowest BCUT2D eigenvalue weighted by atomic mass is 10.2. The number of benzene rings is 1. The molecular weight excluding hydrogens is 476 g/mol. The molecule has 7 nitrogen and oxygen atoms in total. The largest absolute Gasteiger partial charge is 0.444 e. The summed E-state index contributed by atoms with van der Waals surface area (Å²) in [7, 11) is 3.59. The Labute approximate surface area is 183 Å². The predicted molar refractivity (Wildman–Crippen MR) is 121 cm³/mol. The number of ether oxygens (including phenoxy) is 1. The van der Waals surface area contributed by atoms with Crippen LogP contribution in [-0.2, 0) is 11.3 Å². The maximum atomic E-state index is 14.0. The number of nitrogens with zero attached hydrogens (tertiary/aromatic N) is 4. The van der Waals surface area contributed by atoms with Crippen molar-refractivity contribution in [2.75, 3.05) is 45.2 Å². The number of hydrogen-bond acceptors (Lipinski definition) is 4. The number of halogens is 2. The zero-order valence-corrected chi connectivity index (χ0v) is 19.6. The van der Waals surface area contributed by atoms with Gasteiger partial charge >= 0.3 is 6.09 Å². The molecule has 0 atom stereocenters. The summed E-state index contributed by atoms with van der Waals surface area (Å²) in [4.78, 5) is 21.8. The first-order valence-corrected chi connectivity index (χ1v) is 9.05. The number of hydrogen-bond donors (Lipinski definition) is 1. The van der Waals surface area contributed by atoms with E-state index in [-0.39, 0.29) is 35.9 Å². The maximum absolute atomic E-state index is 14.0. The van der Waals surface area contributed by atoms with E-state index in [9.17, 15) is 9.18 Å². The van der Waals surface area contributed by atoms with Crippen LogP contribution in [0.5, 0.6) is 0 Å².